The molecule has 0 bridgehead atoms. The van der Waals surface area contributed by atoms with Gasteiger partial charge in [0.25, 0.3) is 5.91 Å². The van der Waals surface area contributed by atoms with E-state index in [-0.39, 0.29) is 5.91 Å². The Hall–Kier alpha value is -4.53. The summed E-state index contributed by atoms with van der Waals surface area (Å²) >= 11 is 7.89. The predicted molar refractivity (Wildman–Crippen MR) is 177 cm³/mol. The minimum atomic E-state index is -0.512. The van der Waals surface area contributed by atoms with Crippen molar-refractivity contribution in [3.63, 3.8) is 0 Å². The van der Waals surface area contributed by atoms with Crippen LogP contribution in [0.4, 0.5) is 11.6 Å². The SMILES string of the molecule is CC1=C(C(=O)Nc2ccc(C)cc2C)C(c2ccc(OCc3ccccc3)cc2)n2nc(SCc3ccccc3Cl)nc2N1. The van der Waals surface area contributed by atoms with Crippen LogP contribution in [0.3, 0.4) is 0 Å². The maximum absolute atomic E-state index is 14.0. The molecule has 0 saturated heterocycles. The number of ether oxygens (including phenoxy) is 1. The first kappa shape index (κ1) is 29.5. The second-order valence-electron chi connectivity index (χ2n) is 10.7. The molecule has 222 valence electrons. The number of amides is 1. The summed E-state index contributed by atoms with van der Waals surface area (Å²) in [6.45, 7) is 6.39. The summed E-state index contributed by atoms with van der Waals surface area (Å²) in [5.41, 5.74) is 7.15. The van der Waals surface area contributed by atoms with E-state index in [1.54, 1.807) is 4.68 Å². The van der Waals surface area contributed by atoms with Crippen molar-refractivity contribution in [2.75, 3.05) is 10.6 Å². The van der Waals surface area contributed by atoms with E-state index in [2.05, 4.69) is 16.7 Å². The molecule has 1 amide bonds. The molecule has 6 rings (SSSR count). The van der Waals surface area contributed by atoms with Crippen molar-refractivity contribution in [1.29, 1.82) is 0 Å². The Bertz CT molecular complexity index is 1840. The molecule has 1 unspecified atom stereocenters. The summed E-state index contributed by atoms with van der Waals surface area (Å²) < 4.78 is 7.83. The summed E-state index contributed by atoms with van der Waals surface area (Å²) in [6, 6.07) is 31.1. The van der Waals surface area contributed by atoms with Gasteiger partial charge in [-0.3, -0.25) is 4.79 Å². The van der Waals surface area contributed by atoms with Gasteiger partial charge in [-0.25, -0.2) is 4.68 Å². The largest absolute Gasteiger partial charge is 0.489 e. The Balaban J connectivity index is 1.31. The van der Waals surface area contributed by atoms with Gasteiger partial charge in [0, 0.05) is 22.2 Å². The summed E-state index contributed by atoms with van der Waals surface area (Å²) in [7, 11) is 0. The highest BCUT2D eigenvalue weighted by molar-refractivity contribution is 7.98. The number of fused-ring (bicyclic) bond motifs is 1. The van der Waals surface area contributed by atoms with Crippen molar-refractivity contribution in [3.05, 3.63) is 141 Å². The average Bonchev–Trinajstić information content (AvgIpc) is 3.43. The van der Waals surface area contributed by atoms with Gasteiger partial charge in [0.05, 0.1) is 5.57 Å². The van der Waals surface area contributed by atoms with Crippen molar-refractivity contribution in [2.24, 2.45) is 0 Å². The molecule has 0 aliphatic carbocycles. The average molecular weight is 622 g/mol. The van der Waals surface area contributed by atoms with E-state index >= 15 is 0 Å². The molecule has 1 atom stereocenters. The van der Waals surface area contributed by atoms with Crippen LogP contribution in [-0.4, -0.2) is 20.7 Å². The monoisotopic (exact) mass is 621 g/mol. The molecule has 44 heavy (non-hydrogen) atoms. The van der Waals surface area contributed by atoms with E-state index in [4.69, 9.17) is 26.4 Å². The topological polar surface area (TPSA) is 81.1 Å². The van der Waals surface area contributed by atoms with Crippen LogP contribution >= 0.6 is 23.4 Å². The van der Waals surface area contributed by atoms with Crippen molar-refractivity contribution >= 4 is 40.9 Å². The minimum Gasteiger partial charge on any atom is -0.489 e. The molecule has 2 heterocycles. The standard InChI is InChI=1S/C35H32ClN5O2S/c1-22-13-18-30(23(2)19-22)38-33(42)31-24(3)37-34-39-35(44-21-27-11-7-8-12-29(27)36)40-41(34)32(31)26-14-16-28(17-15-26)43-20-25-9-5-4-6-10-25/h4-19,32H,20-21H2,1-3H3,(H,38,42)(H,37,39,40). The normalized spacial score (nSPS) is 14.1. The van der Waals surface area contributed by atoms with Crippen molar-refractivity contribution < 1.29 is 9.53 Å². The maximum atomic E-state index is 14.0. The van der Waals surface area contributed by atoms with E-state index in [0.717, 1.165) is 39.3 Å². The molecule has 0 radical (unpaired) electrons. The number of nitrogens with one attached hydrogen (secondary N) is 2. The molecule has 0 fully saturated rings. The van der Waals surface area contributed by atoms with Gasteiger partial charge >= 0.3 is 0 Å². The Morgan fingerprint density at radius 3 is 2.48 bits per heavy atom. The number of carbonyl (C=O) groups is 1. The fourth-order valence-electron chi connectivity index (χ4n) is 5.18. The molecule has 1 aliphatic rings. The molecule has 7 nitrogen and oxygen atoms in total. The lowest BCUT2D eigenvalue weighted by atomic mass is 9.94. The van der Waals surface area contributed by atoms with Gasteiger partial charge in [-0.15, -0.1) is 5.10 Å². The third-order valence-electron chi connectivity index (χ3n) is 7.47. The number of rotatable bonds is 9. The molecule has 0 spiro atoms. The Morgan fingerprint density at radius 1 is 0.977 bits per heavy atom. The first-order valence-electron chi connectivity index (χ1n) is 14.3. The Labute approximate surface area is 266 Å². The molecular weight excluding hydrogens is 590 g/mol. The van der Waals surface area contributed by atoms with Crippen LogP contribution in [0.25, 0.3) is 0 Å². The van der Waals surface area contributed by atoms with Crippen molar-refractivity contribution in [2.45, 2.75) is 44.3 Å². The number of allylic oxidation sites excluding steroid dienone is 1. The van der Waals surface area contributed by atoms with E-state index in [1.807, 2.05) is 112 Å². The van der Waals surface area contributed by atoms with Crippen LogP contribution in [0.2, 0.25) is 5.02 Å². The number of carbonyl (C=O) groups excluding carboxylic acids is 1. The molecular formula is C35H32ClN5O2S. The second-order valence-corrected chi connectivity index (χ2v) is 12.1. The smallest absolute Gasteiger partial charge is 0.255 e. The highest BCUT2D eigenvalue weighted by Crippen LogP contribution is 2.38. The fraction of sp³-hybridized carbons (Fsp3) is 0.171. The third kappa shape index (κ3) is 6.51. The zero-order chi connectivity index (χ0) is 30.6. The maximum Gasteiger partial charge on any atom is 0.255 e. The summed E-state index contributed by atoms with van der Waals surface area (Å²) in [6.07, 6.45) is 0. The molecule has 9 heteroatoms. The summed E-state index contributed by atoms with van der Waals surface area (Å²) in [5.74, 6) is 1.72. The molecule has 2 N–H and O–H groups in total. The highest BCUT2D eigenvalue weighted by Gasteiger charge is 2.34. The molecule has 1 aromatic heterocycles. The van der Waals surface area contributed by atoms with Crippen LogP contribution in [0.15, 0.2) is 113 Å². The number of nitrogens with zero attached hydrogens (tertiary/aromatic N) is 3. The van der Waals surface area contributed by atoms with Gasteiger partial charge in [0.1, 0.15) is 18.4 Å². The zero-order valence-corrected chi connectivity index (χ0v) is 26.2. The first-order chi connectivity index (χ1) is 21.4. The number of thioether (sulfide) groups is 1. The lowest BCUT2D eigenvalue weighted by Gasteiger charge is -2.29. The van der Waals surface area contributed by atoms with E-state index < -0.39 is 6.04 Å². The number of aromatic nitrogens is 3. The van der Waals surface area contributed by atoms with Crippen LogP contribution in [-0.2, 0) is 17.2 Å². The van der Waals surface area contributed by atoms with Gasteiger partial charge in [-0.05, 0) is 67.3 Å². The number of hydrogen-bond acceptors (Lipinski definition) is 6. The van der Waals surface area contributed by atoms with Gasteiger partial charge in [0.2, 0.25) is 11.1 Å². The fourth-order valence-corrected chi connectivity index (χ4v) is 6.30. The number of aryl methyl sites for hydroxylation is 2. The van der Waals surface area contributed by atoms with Crippen LogP contribution in [0.5, 0.6) is 5.75 Å². The predicted octanol–water partition coefficient (Wildman–Crippen LogP) is 8.35. The lowest BCUT2D eigenvalue weighted by molar-refractivity contribution is -0.113. The summed E-state index contributed by atoms with van der Waals surface area (Å²) in [4.78, 5) is 18.7. The van der Waals surface area contributed by atoms with Crippen molar-refractivity contribution in [1.82, 2.24) is 14.8 Å². The first-order valence-corrected chi connectivity index (χ1v) is 15.7. The Morgan fingerprint density at radius 2 is 1.73 bits per heavy atom. The van der Waals surface area contributed by atoms with E-state index in [0.29, 0.717) is 39.8 Å². The van der Waals surface area contributed by atoms with Gasteiger partial charge in [-0.2, -0.15) is 4.98 Å². The molecule has 1 aliphatic heterocycles. The van der Waals surface area contributed by atoms with E-state index in [1.165, 1.54) is 11.8 Å². The molecule has 4 aromatic carbocycles. The van der Waals surface area contributed by atoms with Gasteiger partial charge < -0.3 is 15.4 Å². The van der Waals surface area contributed by atoms with Crippen LogP contribution in [0.1, 0.15) is 40.8 Å². The van der Waals surface area contributed by atoms with Crippen molar-refractivity contribution in [3.8, 4) is 5.75 Å². The number of anilines is 2. The number of halogens is 1. The number of benzene rings is 4. The van der Waals surface area contributed by atoms with Gasteiger partial charge in [-0.1, -0.05) is 102 Å². The Kier molecular flexibility index (Phi) is 8.72. The minimum absolute atomic E-state index is 0.206. The summed E-state index contributed by atoms with van der Waals surface area (Å²) in [5, 5.41) is 12.6. The number of hydrogen-bond donors (Lipinski definition) is 2. The molecule has 0 saturated carbocycles. The highest BCUT2D eigenvalue weighted by atomic mass is 35.5. The van der Waals surface area contributed by atoms with Gasteiger partial charge in [0.15, 0.2) is 0 Å². The second kappa shape index (κ2) is 13.0. The van der Waals surface area contributed by atoms with E-state index in [9.17, 15) is 4.79 Å². The quantitative estimate of drug-likeness (QED) is 0.161. The molecule has 5 aromatic rings. The van der Waals surface area contributed by atoms with Crippen LogP contribution < -0.4 is 15.4 Å². The lowest BCUT2D eigenvalue weighted by Crippen LogP contribution is -2.31. The zero-order valence-electron chi connectivity index (χ0n) is 24.7. The third-order valence-corrected chi connectivity index (χ3v) is 8.72. The van der Waals surface area contributed by atoms with Crippen LogP contribution in [0, 0.1) is 13.8 Å².